The van der Waals surface area contributed by atoms with Gasteiger partial charge in [-0.1, -0.05) is 49.2 Å². The number of hydrogen-bond donors (Lipinski definition) is 1. The fourth-order valence-corrected chi connectivity index (χ4v) is 4.20. The Bertz CT molecular complexity index is 686. The summed E-state index contributed by atoms with van der Waals surface area (Å²) in [7, 11) is 0. The third-order valence-corrected chi connectivity index (χ3v) is 6.17. The Labute approximate surface area is 177 Å². The van der Waals surface area contributed by atoms with Crippen LogP contribution < -0.4 is 5.32 Å². The first-order chi connectivity index (χ1) is 13.7. The summed E-state index contributed by atoms with van der Waals surface area (Å²) in [5, 5.41) is 4.70. The molecule has 28 heavy (non-hydrogen) atoms. The van der Waals surface area contributed by atoms with Crippen molar-refractivity contribution in [2.75, 3.05) is 31.4 Å². The van der Waals surface area contributed by atoms with E-state index in [0.717, 1.165) is 37.4 Å². The highest BCUT2D eigenvalue weighted by Gasteiger charge is 2.17. The second-order valence-electron chi connectivity index (χ2n) is 7.42. The van der Waals surface area contributed by atoms with Crippen molar-refractivity contribution >= 4 is 40.1 Å². The predicted molar refractivity (Wildman–Crippen MR) is 119 cm³/mol. The molecule has 2 fully saturated rings. The lowest BCUT2D eigenvalue weighted by molar-refractivity contribution is 0.0486. The molecule has 3 rings (SSSR count). The van der Waals surface area contributed by atoms with Crippen molar-refractivity contribution in [2.45, 2.75) is 51.0 Å². The number of aliphatic imine (C=N–C) groups is 1. The van der Waals surface area contributed by atoms with Gasteiger partial charge in [-0.25, -0.2) is 9.98 Å². The van der Waals surface area contributed by atoms with Crippen LogP contribution in [-0.4, -0.2) is 42.3 Å². The minimum absolute atomic E-state index is 0.483. The average Bonchev–Trinajstić information content (AvgIpc) is 2.74. The maximum Gasteiger partial charge on any atom is 0.250 e. The van der Waals surface area contributed by atoms with Crippen LogP contribution in [0.15, 0.2) is 23.8 Å². The molecule has 1 aliphatic carbocycles. The molecule has 0 bridgehead atoms. The molecule has 0 aromatic carbocycles. The summed E-state index contributed by atoms with van der Waals surface area (Å²) in [6.45, 7) is 6.41. The van der Waals surface area contributed by atoms with E-state index in [-0.39, 0.29) is 0 Å². The first kappa shape index (κ1) is 21.5. The Morgan fingerprint density at radius 1 is 1.32 bits per heavy atom. The van der Waals surface area contributed by atoms with Gasteiger partial charge in [0, 0.05) is 31.0 Å². The van der Waals surface area contributed by atoms with Crippen LogP contribution in [0.4, 0.5) is 5.82 Å². The number of hydrogen-bond acceptors (Lipinski definition) is 6. The highest BCUT2D eigenvalue weighted by molar-refractivity contribution is 8.12. The molecule has 1 aliphatic heterocycles. The number of ether oxygens (including phenoxy) is 2. The van der Waals surface area contributed by atoms with Crippen molar-refractivity contribution in [3.8, 4) is 0 Å². The van der Waals surface area contributed by atoms with E-state index >= 15 is 0 Å². The topological polar surface area (TPSA) is 55.7 Å². The van der Waals surface area contributed by atoms with Crippen LogP contribution in [0.2, 0.25) is 5.02 Å². The smallest absolute Gasteiger partial charge is 0.250 e. The van der Waals surface area contributed by atoms with Crippen LogP contribution in [0.5, 0.6) is 0 Å². The Hall–Kier alpha value is -1.24. The Morgan fingerprint density at radius 2 is 2.07 bits per heavy atom. The fourth-order valence-electron chi connectivity index (χ4n) is 3.60. The number of rotatable bonds is 6. The van der Waals surface area contributed by atoms with E-state index in [4.69, 9.17) is 21.1 Å². The highest BCUT2D eigenvalue weighted by atomic mass is 35.5. The highest BCUT2D eigenvalue weighted by Crippen LogP contribution is 2.28. The van der Waals surface area contributed by atoms with E-state index in [1.54, 1.807) is 6.20 Å². The molecule has 0 spiro atoms. The molecular weight excluding hydrogens is 394 g/mol. The van der Waals surface area contributed by atoms with Crippen LogP contribution in [0, 0.1) is 5.92 Å². The quantitative estimate of drug-likeness (QED) is 0.475. The number of nitrogens with zero attached hydrogens (tertiary/aromatic N) is 2. The lowest BCUT2D eigenvalue weighted by Crippen LogP contribution is -2.22. The Balaban J connectivity index is 1.63. The molecule has 2 heterocycles. The van der Waals surface area contributed by atoms with E-state index in [1.807, 2.05) is 12.3 Å². The minimum Gasteiger partial charge on any atom is -0.473 e. The van der Waals surface area contributed by atoms with Crippen molar-refractivity contribution < 1.29 is 9.47 Å². The van der Waals surface area contributed by atoms with Crippen molar-refractivity contribution in [3.05, 3.63) is 29.4 Å². The van der Waals surface area contributed by atoms with Gasteiger partial charge in [-0.3, -0.25) is 0 Å². The predicted octanol–water partition coefficient (Wildman–Crippen LogP) is 5.61. The maximum absolute atomic E-state index is 6.38. The average molecular weight is 424 g/mol. The summed E-state index contributed by atoms with van der Waals surface area (Å²) < 4.78 is 11.3. The molecule has 1 aromatic rings. The van der Waals surface area contributed by atoms with Crippen molar-refractivity contribution in [1.29, 1.82) is 0 Å². The van der Waals surface area contributed by atoms with E-state index in [2.05, 4.69) is 21.9 Å². The molecule has 1 N–H and O–H groups in total. The third-order valence-electron chi connectivity index (χ3n) is 5.31. The van der Waals surface area contributed by atoms with E-state index in [1.165, 1.54) is 43.9 Å². The minimum atomic E-state index is 0.483. The number of pyridine rings is 1. The zero-order valence-electron chi connectivity index (χ0n) is 16.6. The van der Waals surface area contributed by atoms with Crippen LogP contribution in [0.3, 0.4) is 0 Å². The summed E-state index contributed by atoms with van der Waals surface area (Å²) in [5.41, 5.74) is 1.38. The second kappa shape index (κ2) is 11.1. The van der Waals surface area contributed by atoms with Gasteiger partial charge < -0.3 is 14.8 Å². The Kier molecular flexibility index (Phi) is 8.49. The first-order valence-electron chi connectivity index (χ1n) is 10.1. The Morgan fingerprint density at radius 3 is 2.79 bits per heavy atom. The molecule has 0 unspecified atom stereocenters. The third kappa shape index (κ3) is 6.39. The largest absolute Gasteiger partial charge is 0.473 e. The SMILES string of the molecule is C=C(N=C(OCC1CCOCC1)SC)c1cc(NC2CCCCC2)ncc1Cl. The summed E-state index contributed by atoms with van der Waals surface area (Å²) in [6, 6.07) is 2.43. The fraction of sp³-hybridized carbons (Fsp3) is 0.619. The first-order valence-corrected chi connectivity index (χ1v) is 11.7. The molecule has 154 valence electrons. The molecule has 5 nitrogen and oxygen atoms in total. The molecule has 1 aromatic heterocycles. The molecule has 0 atom stereocenters. The van der Waals surface area contributed by atoms with Crippen molar-refractivity contribution in [3.63, 3.8) is 0 Å². The molecule has 0 radical (unpaired) electrons. The normalized spacial score (nSPS) is 19.4. The van der Waals surface area contributed by atoms with Gasteiger partial charge in [0.25, 0.3) is 5.23 Å². The van der Waals surface area contributed by atoms with E-state index < -0.39 is 0 Å². The second-order valence-corrected chi connectivity index (χ2v) is 8.59. The summed E-state index contributed by atoms with van der Waals surface area (Å²) in [6.07, 6.45) is 12.0. The van der Waals surface area contributed by atoms with Gasteiger partial charge in [-0.2, -0.15) is 0 Å². The van der Waals surface area contributed by atoms with E-state index in [9.17, 15) is 0 Å². The lowest BCUT2D eigenvalue weighted by Gasteiger charge is -2.23. The summed E-state index contributed by atoms with van der Waals surface area (Å²) >= 11 is 7.86. The molecule has 2 aliphatic rings. The molecule has 0 amide bonds. The number of aromatic nitrogens is 1. The molecular formula is C21H30ClN3O2S. The lowest BCUT2D eigenvalue weighted by atomic mass is 9.95. The van der Waals surface area contributed by atoms with Gasteiger partial charge in [-0.15, -0.1) is 0 Å². The van der Waals surface area contributed by atoms with Gasteiger partial charge in [0.05, 0.1) is 17.3 Å². The number of nitrogens with one attached hydrogen (secondary N) is 1. The zero-order chi connectivity index (χ0) is 19.8. The summed E-state index contributed by atoms with van der Waals surface area (Å²) in [4.78, 5) is 9.02. The standard InChI is InChI=1S/C21H30ClN3O2S/c1-15(24-21(28-2)27-14-16-8-10-26-11-9-16)18-12-20(23-13-19(18)22)25-17-6-4-3-5-7-17/h12-13,16-17H,1,3-11,14H2,2H3,(H,23,25). The molecule has 1 saturated carbocycles. The van der Waals surface area contributed by atoms with Gasteiger partial charge in [-0.05, 0) is 43.9 Å². The number of thioether (sulfide) groups is 1. The molecule has 1 saturated heterocycles. The zero-order valence-corrected chi connectivity index (χ0v) is 18.2. The van der Waals surface area contributed by atoms with Crippen LogP contribution in [0.25, 0.3) is 5.70 Å². The van der Waals surface area contributed by atoms with Gasteiger partial charge in [0.1, 0.15) is 5.82 Å². The van der Waals surface area contributed by atoms with Crippen LogP contribution in [-0.2, 0) is 9.47 Å². The van der Waals surface area contributed by atoms with Crippen LogP contribution in [0.1, 0.15) is 50.5 Å². The monoisotopic (exact) mass is 423 g/mol. The van der Waals surface area contributed by atoms with Crippen molar-refractivity contribution in [2.24, 2.45) is 10.9 Å². The molecule has 7 heteroatoms. The summed E-state index contributed by atoms with van der Waals surface area (Å²) in [5.74, 6) is 1.35. The maximum atomic E-state index is 6.38. The van der Waals surface area contributed by atoms with Gasteiger partial charge in [0.15, 0.2) is 0 Å². The van der Waals surface area contributed by atoms with Crippen LogP contribution >= 0.6 is 23.4 Å². The van der Waals surface area contributed by atoms with Gasteiger partial charge >= 0.3 is 0 Å². The van der Waals surface area contributed by atoms with Crippen molar-refractivity contribution in [1.82, 2.24) is 4.98 Å². The van der Waals surface area contributed by atoms with Gasteiger partial charge in [0.2, 0.25) is 0 Å². The number of anilines is 1. The van der Waals surface area contributed by atoms with E-state index in [0.29, 0.717) is 34.5 Å². The number of halogens is 1.